The Bertz CT molecular complexity index is 540. The number of hydrogen-bond acceptors (Lipinski definition) is 7. The highest BCUT2D eigenvalue weighted by atomic mass is 16.6. The molecule has 2 amide bonds. The Balaban J connectivity index is 4.93. The minimum absolute atomic E-state index is 0.00717. The van der Waals surface area contributed by atoms with Crippen molar-refractivity contribution in [3.05, 3.63) is 0 Å². The molecule has 0 fully saturated rings. The molecule has 0 rings (SSSR count). The predicted molar refractivity (Wildman–Crippen MR) is 97.0 cm³/mol. The number of nitrogens with one attached hydrogen (secondary N) is 3. The van der Waals surface area contributed by atoms with Crippen molar-refractivity contribution in [2.75, 3.05) is 20.6 Å². The van der Waals surface area contributed by atoms with E-state index in [4.69, 9.17) is 10.1 Å². The SMILES string of the molecule is C[C@H](NC(=O)CN(C)C)C(=O)NC(CCC(=O)C=N)C(=O)OC(C)(C)C. The number of hydrogen-bond donors (Lipinski definition) is 3. The summed E-state index contributed by atoms with van der Waals surface area (Å²) in [5.74, 6) is -2.02. The van der Waals surface area contributed by atoms with Crippen LogP contribution in [0.2, 0.25) is 0 Å². The molecule has 0 saturated heterocycles. The van der Waals surface area contributed by atoms with Gasteiger partial charge in [0, 0.05) is 6.42 Å². The molecule has 0 aliphatic carbocycles. The first kappa shape index (κ1) is 23.7. The van der Waals surface area contributed by atoms with Gasteiger partial charge in [0.05, 0.1) is 12.8 Å². The summed E-state index contributed by atoms with van der Waals surface area (Å²) in [6.45, 7) is 6.70. The minimum atomic E-state index is -1.04. The Labute approximate surface area is 154 Å². The van der Waals surface area contributed by atoms with Crippen LogP contribution in [0.25, 0.3) is 0 Å². The number of ketones is 1. The molecule has 0 bridgehead atoms. The molecule has 26 heavy (non-hydrogen) atoms. The van der Waals surface area contributed by atoms with Crippen LogP contribution < -0.4 is 10.6 Å². The zero-order chi connectivity index (χ0) is 20.5. The molecule has 0 saturated carbocycles. The van der Waals surface area contributed by atoms with E-state index in [1.165, 1.54) is 6.92 Å². The molecule has 2 atom stereocenters. The molecule has 0 aliphatic rings. The van der Waals surface area contributed by atoms with Crippen molar-refractivity contribution < 1.29 is 23.9 Å². The lowest BCUT2D eigenvalue weighted by Crippen LogP contribution is -2.52. The third-order valence-electron chi connectivity index (χ3n) is 3.08. The Morgan fingerprint density at radius 1 is 1.15 bits per heavy atom. The van der Waals surface area contributed by atoms with Crippen LogP contribution in [0.5, 0.6) is 0 Å². The molecule has 9 nitrogen and oxygen atoms in total. The van der Waals surface area contributed by atoms with Gasteiger partial charge < -0.3 is 25.7 Å². The van der Waals surface area contributed by atoms with Crippen LogP contribution in [0.1, 0.15) is 40.5 Å². The smallest absolute Gasteiger partial charge is 0.329 e. The lowest BCUT2D eigenvalue weighted by Gasteiger charge is -2.25. The van der Waals surface area contributed by atoms with Gasteiger partial charge in [0.25, 0.3) is 0 Å². The van der Waals surface area contributed by atoms with Crippen molar-refractivity contribution in [1.82, 2.24) is 15.5 Å². The first-order valence-corrected chi connectivity index (χ1v) is 8.36. The van der Waals surface area contributed by atoms with Gasteiger partial charge in [-0.15, -0.1) is 0 Å². The molecule has 9 heteroatoms. The second-order valence-corrected chi connectivity index (χ2v) is 7.27. The zero-order valence-electron chi connectivity index (χ0n) is 16.3. The third kappa shape index (κ3) is 10.5. The van der Waals surface area contributed by atoms with E-state index >= 15 is 0 Å². The Morgan fingerprint density at radius 3 is 2.19 bits per heavy atom. The van der Waals surface area contributed by atoms with Crippen LogP contribution in [-0.2, 0) is 23.9 Å². The van der Waals surface area contributed by atoms with E-state index in [0.29, 0.717) is 6.21 Å². The molecule has 0 spiro atoms. The monoisotopic (exact) mass is 370 g/mol. The first-order chi connectivity index (χ1) is 11.9. The van der Waals surface area contributed by atoms with Crippen LogP contribution in [0.15, 0.2) is 0 Å². The summed E-state index contributed by atoms with van der Waals surface area (Å²) < 4.78 is 5.26. The van der Waals surface area contributed by atoms with Gasteiger partial charge in [-0.05, 0) is 48.2 Å². The maximum absolute atomic E-state index is 12.3. The number of esters is 1. The van der Waals surface area contributed by atoms with Gasteiger partial charge >= 0.3 is 5.97 Å². The fourth-order valence-corrected chi connectivity index (χ4v) is 1.92. The van der Waals surface area contributed by atoms with E-state index in [0.717, 1.165) is 0 Å². The molecule has 0 heterocycles. The van der Waals surface area contributed by atoms with Crippen LogP contribution in [0.4, 0.5) is 0 Å². The van der Waals surface area contributed by atoms with Crippen LogP contribution in [0.3, 0.4) is 0 Å². The molecule has 148 valence electrons. The van der Waals surface area contributed by atoms with Gasteiger partial charge in [-0.1, -0.05) is 0 Å². The summed E-state index contributed by atoms with van der Waals surface area (Å²) in [6, 6.07) is -1.90. The highest BCUT2D eigenvalue weighted by Gasteiger charge is 2.28. The van der Waals surface area contributed by atoms with Crippen molar-refractivity contribution in [3.63, 3.8) is 0 Å². The fraction of sp³-hybridized carbons (Fsp3) is 0.706. The highest BCUT2D eigenvalue weighted by molar-refractivity contribution is 6.26. The Hall–Kier alpha value is -2.29. The number of carbonyl (C=O) groups excluding carboxylic acids is 4. The molecule has 1 unspecified atom stereocenters. The van der Waals surface area contributed by atoms with Crippen molar-refractivity contribution in [1.29, 1.82) is 5.41 Å². The standard InChI is InChI=1S/C17H30N4O5/c1-11(19-14(23)10-21(5)6)15(24)20-13(8-7-12(22)9-18)16(25)26-17(2,3)4/h9,11,13,18H,7-8,10H2,1-6H3,(H,19,23)(H,20,24)/t11-,13?/m0/s1. The maximum Gasteiger partial charge on any atom is 0.329 e. The predicted octanol–water partition coefficient (Wildman–Crippen LogP) is -0.122. The number of carbonyl (C=O) groups is 4. The molecular formula is C17H30N4O5. The molecule has 0 radical (unpaired) electrons. The van der Waals surface area contributed by atoms with Gasteiger partial charge in [0.2, 0.25) is 11.8 Å². The zero-order valence-corrected chi connectivity index (χ0v) is 16.3. The van der Waals surface area contributed by atoms with E-state index in [2.05, 4.69) is 10.6 Å². The summed E-state index contributed by atoms with van der Waals surface area (Å²) >= 11 is 0. The second-order valence-electron chi connectivity index (χ2n) is 7.27. The van der Waals surface area contributed by atoms with Gasteiger partial charge in [0.15, 0.2) is 5.78 Å². The normalized spacial score (nSPS) is 13.5. The van der Waals surface area contributed by atoms with Crippen LogP contribution in [0, 0.1) is 5.41 Å². The first-order valence-electron chi connectivity index (χ1n) is 8.36. The summed E-state index contributed by atoms with van der Waals surface area (Å²) in [5, 5.41) is 12.0. The molecule has 3 N–H and O–H groups in total. The number of ether oxygens (including phenoxy) is 1. The van der Waals surface area contributed by atoms with Crippen molar-refractivity contribution in [3.8, 4) is 0 Å². The number of likely N-dealkylation sites (N-methyl/N-ethyl adjacent to an activating group) is 1. The van der Waals surface area contributed by atoms with Crippen molar-refractivity contribution >= 4 is 29.8 Å². The minimum Gasteiger partial charge on any atom is -0.458 e. The number of rotatable bonds is 10. The lowest BCUT2D eigenvalue weighted by atomic mass is 10.1. The third-order valence-corrected chi connectivity index (χ3v) is 3.08. The van der Waals surface area contributed by atoms with Gasteiger partial charge in [0.1, 0.15) is 17.7 Å². The van der Waals surface area contributed by atoms with Crippen molar-refractivity contribution in [2.24, 2.45) is 0 Å². The average Bonchev–Trinajstić information content (AvgIpc) is 2.47. The average molecular weight is 370 g/mol. The van der Waals surface area contributed by atoms with Gasteiger partial charge in [-0.25, -0.2) is 4.79 Å². The second kappa shape index (κ2) is 10.6. The molecule has 0 aromatic carbocycles. The Kier molecular flexibility index (Phi) is 9.71. The van der Waals surface area contributed by atoms with Gasteiger partial charge in [-0.3, -0.25) is 14.4 Å². The quantitative estimate of drug-likeness (QED) is 0.363. The van der Waals surface area contributed by atoms with E-state index in [-0.39, 0.29) is 25.3 Å². The summed E-state index contributed by atoms with van der Waals surface area (Å²) in [6.07, 6.45) is 0.598. The van der Waals surface area contributed by atoms with Crippen LogP contribution >= 0.6 is 0 Å². The van der Waals surface area contributed by atoms with Gasteiger partial charge in [-0.2, -0.15) is 0 Å². The summed E-state index contributed by atoms with van der Waals surface area (Å²) in [7, 11) is 3.45. The summed E-state index contributed by atoms with van der Waals surface area (Å²) in [4.78, 5) is 49.3. The topological polar surface area (TPSA) is 129 Å². The van der Waals surface area contributed by atoms with Crippen molar-refractivity contribution in [2.45, 2.75) is 58.2 Å². The largest absolute Gasteiger partial charge is 0.458 e. The van der Waals surface area contributed by atoms with E-state index in [9.17, 15) is 19.2 Å². The van der Waals surface area contributed by atoms with E-state index in [1.54, 1.807) is 39.8 Å². The summed E-state index contributed by atoms with van der Waals surface area (Å²) in [5.41, 5.74) is -0.753. The molecule has 0 aliphatic heterocycles. The lowest BCUT2D eigenvalue weighted by molar-refractivity contribution is -0.159. The fourth-order valence-electron chi connectivity index (χ4n) is 1.92. The highest BCUT2D eigenvalue weighted by Crippen LogP contribution is 2.11. The number of amides is 2. The molecule has 0 aromatic rings. The van der Waals surface area contributed by atoms with E-state index in [1.807, 2.05) is 0 Å². The van der Waals surface area contributed by atoms with E-state index < -0.39 is 35.3 Å². The Morgan fingerprint density at radius 2 is 1.73 bits per heavy atom. The number of nitrogens with zero attached hydrogens (tertiary/aromatic N) is 1. The molecular weight excluding hydrogens is 340 g/mol. The number of Topliss-reactive ketones (excluding diaryl/α,β-unsaturated/α-hetero) is 1. The molecule has 0 aromatic heterocycles. The van der Waals surface area contributed by atoms with Crippen LogP contribution in [-0.4, -0.2) is 73.0 Å². The maximum atomic E-state index is 12.3.